The van der Waals surface area contributed by atoms with Gasteiger partial charge < -0.3 is 51.8 Å². The molecule has 98 heavy (non-hydrogen) atoms. The summed E-state index contributed by atoms with van der Waals surface area (Å²) in [5.41, 5.74) is 7.14. The van der Waals surface area contributed by atoms with Crippen molar-refractivity contribution in [3.8, 4) is 5.75 Å². The summed E-state index contributed by atoms with van der Waals surface area (Å²) in [6.45, 7) is 19.3. The molecule has 2 aliphatic rings. The third-order valence-corrected chi connectivity index (χ3v) is 19.4. The SMILES string of the molecule is CCCO[C@H](C[C@H](C(C)C)N(CCC)C(=O)[C@@H](CC(=O)[C@H]1CCCCN1C)[C@@H](C)CC)c1nc(C(=O)N[C@@H](Cc2ccc(O)cc2)C[C@H](C)C(=O)CNC(=O)OCc2ccc(NC(=O)[C@@H](CCCNC(N)=O)CC(=O)[C@H](NC(=O)CCCCCN3C(=O)C=CC3=O)C(C)C)cc2)cs1. The third-order valence-electron chi connectivity index (χ3n) is 18.4. The van der Waals surface area contributed by atoms with E-state index in [9.17, 15) is 57.8 Å². The van der Waals surface area contributed by atoms with Crippen LogP contribution in [0.15, 0.2) is 66.1 Å². The van der Waals surface area contributed by atoms with Crippen LogP contribution in [-0.4, -0.2) is 160 Å². The van der Waals surface area contributed by atoms with Gasteiger partial charge >= 0.3 is 12.1 Å². The number of aromatic hydroxyl groups is 1. The summed E-state index contributed by atoms with van der Waals surface area (Å²) in [6.07, 6.45) is 9.19. The number of ketones is 3. The van der Waals surface area contributed by atoms with Gasteiger partial charge in [-0.15, -0.1) is 11.3 Å². The number of unbranched alkanes of at least 4 members (excludes halogenated alkanes) is 2. The van der Waals surface area contributed by atoms with Gasteiger partial charge in [0.2, 0.25) is 17.7 Å². The van der Waals surface area contributed by atoms with Crippen molar-refractivity contribution in [2.45, 2.75) is 208 Å². The molecule has 1 saturated heterocycles. The van der Waals surface area contributed by atoms with Crippen molar-refractivity contribution < 1.29 is 67.3 Å². The number of aromatic nitrogens is 1. The number of hydrogen-bond acceptors (Lipinski definition) is 17. The molecule has 5 rings (SSSR count). The largest absolute Gasteiger partial charge is 0.508 e. The molecule has 3 heterocycles. The fourth-order valence-electron chi connectivity index (χ4n) is 12.5. The number of alkyl carbamates (subject to hydrolysis) is 1. The normalized spacial score (nSPS) is 16.5. The topological polar surface area (TPSA) is 335 Å². The highest BCUT2D eigenvalue weighted by atomic mass is 32.1. The number of likely N-dealkylation sites (N-methyl/N-ethyl adjacent to an activating group) is 1. The predicted molar refractivity (Wildman–Crippen MR) is 375 cm³/mol. The van der Waals surface area contributed by atoms with E-state index in [-0.39, 0.29) is 141 Å². The fraction of sp³-hybridized carbons (Fsp3) is 0.616. The van der Waals surface area contributed by atoms with Crippen LogP contribution in [-0.2, 0) is 60.9 Å². The van der Waals surface area contributed by atoms with Gasteiger partial charge in [0.1, 0.15) is 29.2 Å². The molecule has 0 aliphatic carbocycles. The second-order valence-corrected chi connectivity index (χ2v) is 27.9. The van der Waals surface area contributed by atoms with E-state index in [0.717, 1.165) is 55.5 Å². The Bertz CT molecular complexity index is 3140. The van der Waals surface area contributed by atoms with Crippen LogP contribution in [0.25, 0.3) is 0 Å². The van der Waals surface area contributed by atoms with Crippen LogP contribution in [0.1, 0.15) is 198 Å². The molecule has 0 spiro atoms. The second-order valence-electron chi connectivity index (χ2n) is 27.0. The number of nitrogens with two attached hydrogens (primary N) is 1. The summed E-state index contributed by atoms with van der Waals surface area (Å²) in [6, 6.07) is 10.4. The second kappa shape index (κ2) is 41.5. The molecular weight excluding hydrogens is 1270 g/mol. The highest BCUT2D eigenvalue weighted by Gasteiger charge is 2.39. The lowest BCUT2D eigenvalue weighted by Crippen LogP contribution is -2.50. The lowest BCUT2D eigenvalue weighted by Gasteiger charge is -2.40. The number of amides is 9. The van der Waals surface area contributed by atoms with Crippen molar-refractivity contribution in [2.75, 3.05) is 51.7 Å². The number of nitrogens with one attached hydrogen (secondary N) is 5. The summed E-state index contributed by atoms with van der Waals surface area (Å²) in [4.78, 5) is 156. The van der Waals surface area contributed by atoms with Crippen molar-refractivity contribution >= 4 is 81.9 Å². The fourth-order valence-corrected chi connectivity index (χ4v) is 13.3. The van der Waals surface area contributed by atoms with Crippen LogP contribution in [0.4, 0.5) is 15.3 Å². The average Bonchev–Trinajstić information content (AvgIpc) is 1.13. The van der Waals surface area contributed by atoms with Crippen molar-refractivity contribution in [2.24, 2.45) is 41.2 Å². The lowest BCUT2D eigenvalue weighted by atomic mass is 9.82. The van der Waals surface area contributed by atoms with Crippen LogP contribution < -0.4 is 32.3 Å². The Morgan fingerprint density at radius 2 is 1.49 bits per heavy atom. The van der Waals surface area contributed by atoms with Crippen LogP contribution in [0.2, 0.25) is 0 Å². The number of thiazole rings is 1. The number of rotatable bonds is 44. The van der Waals surface area contributed by atoms with Crippen molar-refractivity contribution in [1.29, 1.82) is 0 Å². The Hall–Kier alpha value is -7.90. The van der Waals surface area contributed by atoms with Crippen LogP contribution in [0.3, 0.4) is 0 Å². The monoisotopic (exact) mass is 1380 g/mol. The molecule has 0 radical (unpaired) electrons. The van der Waals surface area contributed by atoms with E-state index in [1.54, 1.807) is 74.7 Å². The summed E-state index contributed by atoms with van der Waals surface area (Å²) in [5.74, 6) is -4.78. The molecule has 1 fully saturated rings. The number of nitrogens with zero attached hydrogens (tertiary/aromatic N) is 4. The zero-order valence-electron chi connectivity index (χ0n) is 59.2. The van der Waals surface area contributed by atoms with Gasteiger partial charge in [-0.2, -0.15) is 0 Å². The zero-order chi connectivity index (χ0) is 72.0. The molecule has 2 aromatic carbocycles. The highest BCUT2D eigenvalue weighted by molar-refractivity contribution is 7.09. The van der Waals surface area contributed by atoms with E-state index in [2.05, 4.69) is 66.1 Å². The number of piperidine rings is 1. The molecule has 9 amide bonds. The van der Waals surface area contributed by atoms with Gasteiger partial charge in [-0.3, -0.25) is 53.0 Å². The molecule has 0 saturated carbocycles. The standard InChI is InChI=1S/C73H108N10O14S/c1-11-34-82(71(93)56(48(8)13-3)41-60(85)58-21-16-18-35-81(58)10)59(46(4)5)42-63(96-37-12-2)70-79-57(45-98-70)69(92)78-54(39-50-25-29-55(84)30-26-50)38-49(9)62(87)43-76-73(95)97-44-51-23-27-53(28-24-51)77-68(91)52(20-19-33-75-72(74)94)40-61(86)67(47(6)7)80-64(88)22-15-14-17-36-83-65(89)31-32-66(83)90/h23-32,45-49,52,54,56,58-59,63,67,84H,11-22,33-44H2,1-10H3,(H,76,95)(H,77,91)(H,78,92)(H,80,88)(H3,74,75,94)/t48-,49-,52-,54+,56-,58+,59+,63+,67+/m0/s1. The number of phenolic OH excluding ortho intramolecular Hbond substituents is 1. The van der Waals surface area contributed by atoms with E-state index in [1.165, 1.54) is 23.5 Å². The number of primary amides is 1. The number of imide groups is 1. The number of carbonyl (C=O) groups excluding carboxylic acids is 11. The molecule has 24 nitrogen and oxygen atoms in total. The molecule has 3 aromatic rings. The van der Waals surface area contributed by atoms with E-state index in [1.807, 2.05) is 18.9 Å². The molecule has 2 aliphatic heterocycles. The van der Waals surface area contributed by atoms with Crippen LogP contribution in [0.5, 0.6) is 5.75 Å². The van der Waals surface area contributed by atoms with E-state index >= 15 is 0 Å². The summed E-state index contributed by atoms with van der Waals surface area (Å²) >= 11 is 1.30. The number of carbonyl (C=O) groups is 11. The molecule has 25 heteroatoms. The Morgan fingerprint density at radius 1 is 0.796 bits per heavy atom. The molecule has 8 N–H and O–H groups in total. The highest BCUT2D eigenvalue weighted by Crippen LogP contribution is 2.34. The Labute approximate surface area is 582 Å². The first kappa shape index (κ1) is 80.8. The van der Waals surface area contributed by atoms with Crippen molar-refractivity contribution in [1.82, 2.24) is 41.0 Å². The smallest absolute Gasteiger partial charge is 0.407 e. The number of Topliss-reactive ketones (excluding diaryl/α,β-unsaturated/α-hetero) is 3. The number of likely N-dealkylation sites (tertiary alicyclic amines) is 1. The third kappa shape index (κ3) is 26.4. The summed E-state index contributed by atoms with van der Waals surface area (Å²) in [7, 11) is 2.00. The van der Waals surface area contributed by atoms with E-state index < -0.39 is 59.9 Å². The van der Waals surface area contributed by atoms with Gasteiger partial charge in [-0.1, -0.05) is 106 Å². The van der Waals surface area contributed by atoms with Gasteiger partial charge in [-0.05, 0) is 131 Å². The lowest BCUT2D eigenvalue weighted by molar-refractivity contribution is -0.145. The minimum Gasteiger partial charge on any atom is -0.508 e. The molecule has 0 bridgehead atoms. The minimum absolute atomic E-state index is 0.00941. The average molecular weight is 1380 g/mol. The van der Waals surface area contributed by atoms with E-state index in [4.69, 9.17) is 20.2 Å². The van der Waals surface area contributed by atoms with Crippen LogP contribution in [0, 0.1) is 35.5 Å². The number of benzene rings is 2. The van der Waals surface area contributed by atoms with Gasteiger partial charge in [0.25, 0.3) is 17.7 Å². The maximum atomic E-state index is 15.0. The Balaban J connectivity index is 1.17. The summed E-state index contributed by atoms with van der Waals surface area (Å²) < 4.78 is 12.0. The van der Waals surface area contributed by atoms with Crippen molar-refractivity contribution in [3.63, 3.8) is 0 Å². The number of phenols is 1. The predicted octanol–water partition coefficient (Wildman–Crippen LogP) is 9.53. The summed E-state index contributed by atoms with van der Waals surface area (Å²) in [5, 5.41) is 26.1. The molecule has 540 valence electrons. The van der Waals surface area contributed by atoms with Gasteiger partial charge in [0.15, 0.2) is 17.3 Å². The minimum atomic E-state index is -0.885. The molecule has 0 unspecified atom stereocenters. The maximum absolute atomic E-state index is 15.0. The number of anilines is 1. The van der Waals surface area contributed by atoms with Gasteiger partial charge in [-0.25, -0.2) is 14.6 Å². The Kier molecular flexibility index (Phi) is 34.2. The van der Waals surface area contributed by atoms with Crippen LogP contribution >= 0.6 is 11.3 Å². The number of hydrogen-bond donors (Lipinski definition) is 7. The molecule has 1 aromatic heterocycles. The van der Waals surface area contributed by atoms with Crippen molar-refractivity contribution in [3.05, 3.63) is 87.9 Å². The zero-order valence-corrected chi connectivity index (χ0v) is 60.0. The first-order chi connectivity index (χ1) is 46.7. The first-order valence-electron chi connectivity index (χ1n) is 35.1. The van der Waals surface area contributed by atoms with Gasteiger partial charge in [0, 0.05) is 105 Å². The number of urea groups is 1. The molecule has 9 atom stereocenters. The van der Waals surface area contributed by atoms with Gasteiger partial charge in [0.05, 0.1) is 18.6 Å². The first-order valence-corrected chi connectivity index (χ1v) is 36.0. The quantitative estimate of drug-likeness (QED) is 0.0205. The maximum Gasteiger partial charge on any atom is 0.407 e. The molecular formula is C73H108N10O14S. The van der Waals surface area contributed by atoms with E-state index in [0.29, 0.717) is 67.9 Å². The number of ether oxygens (including phenoxy) is 2. The Morgan fingerprint density at radius 3 is 2.12 bits per heavy atom.